The molecule has 6 N–H and O–H groups in total. The third-order valence-corrected chi connectivity index (χ3v) is 4.23. The summed E-state index contributed by atoms with van der Waals surface area (Å²) in [6.07, 6.45) is 4.31. The maximum Gasteiger partial charge on any atom is 0.271 e. The molecule has 1 amide bonds. The minimum Gasteiger partial charge on any atom is -0.364 e. The van der Waals surface area contributed by atoms with Gasteiger partial charge in [0.15, 0.2) is 11.5 Å². The molecule has 0 radical (unpaired) electrons. The zero-order chi connectivity index (χ0) is 16.9. The van der Waals surface area contributed by atoms with Crippen molar-refractivity contribution in [2.45, 2.75) is 37.8 Å². The van der Waals surface area contributed by atoms with Gasteiger partial charge in [0.1, 0.15) is 0 Å². The van der Waals surface area contributed by atoms with Crippen LogP contribution in [-0.2, 0) is 0 Å². The summed E-state index contributed by atoms with van der Waals surface area (Å²) in [6, 6.07) is 11.5. The second-order valence-electron chi connectivity index (χ2n) is 6.05. The van der Waals surface area contributed by atoms with Gasteiger partial charge in [-0.25, -0.2) is 0 Å². The third-order valence-electron chi connectivity index (χ3n) is 4.23. The molecule has 1 unspecified atom stereocenters. The van der Waals surface area contributed by atoms with Crippen molar-refractivity contribution in [3.05, 3.63) is 42.1 Å². The second kappa shape index (κ2) is 7.27. The zero-order valence-electron chi connectivity index (χ0n) is 13.4. The maximum absolute atomic E-state index is 11.6. The molecule has 126 valence electrons. The first-order chi connectivity index (χ1) is 11.6. The first kappa shape index (κ1) is 16.2. The minimum absolute atomic E-state index is 0.0990. The fraction of sp³-hybridized carbons (Fsp3) is 0.353. The van der Waals surface area contributed by atoms with E-state index in [1.54, 1.807) is 6.07 Å². The largest absolute Gasteiger partial charge is 0.364 e. The molecule has 1 heterocycles. The summed E-state index contributed by atoms with van der Waals surface area (Å²) in [6.45, 7) is 0. The average molecular weight is 326 g/mol. The van der Waals surface area contributed by atoms with Gasteiger partial charge >= 0.3 is 0 Å². The van der Waals surface area contributed by atoms with Crippen molar-refractivity contribution < 1.29 is 4.79 Å². The van der Waals surface area contributed by atoms with Crippen LogP contribution < -0.4 is 22.1 Å². The van der Waals surface area contributed by atoms with Gasteiger partial charge in [0.25, 0.3) is 5.91 Å². The fourth-order valence-electron chi connectivity index (χ4n) is 2.95. The Hall–Kier alpha value is -2.67. The fourth-order valence-corrected chi connectivity index (χ4v) is 2.95. The minimum atomic E-state index is -0.623. The number of aromatic nitrogens is 2. The van der Waals surface area contributed by atoms with E-state index in [4.69, 9.17) is 11.5 Å². The highest BCUT2D eigenvalue weighted by Crippen LogP contribution is 2.24. The van der Waals surface area contributed by atoms with E-state index in [0.29, 0.717) is 11.5 Å². The second-order valence-corrected chi connectivity index (χ2v) is 6.05. The molecular weight excluding hydrogens is 304 g/mol. The first-order valence-corrected chi connectivity index (χ1v) is 8.15. The van der Waals surface area contributed by atoms with Crippen LogP contribution in [0.4, 0.5) is 17.2 Å². The number of nitrogens with one attached hydrogen (secondary N) is 2. The number of nitrogens with two attached hydrogens (primary N) is 2. The lowest BCUT2D eigenvalue weighted by Crippen LogP contribution is -2.42. The lowest BCUT2D eigenvalue weighted by atomic mass is 9.91. The van der Waals surface area contributed by atoms with E-state index in [1.807, 2.05) is 30.3 Å². The predicted octanol–water partition coefficient (Wildman–Crippen LogP) is 2.00. The number of hydrogen-bond donors (Lipinski definition) is 4. The summed E-state index contributed by atoms with van der Waals surface area (Å²) >= 11 is 0. The highest BCUT2D eigenvalue weighted by molar-refractivity contribution is 5.97. The van der Waals surface area contributed by atoms with E-state index < -0.39 is 5.91 Å². The van der Waals surface area contributed by atoms with Gasteiger partial charge in [-0.2, -0.15) is 0 Å². The molecule has 1 aliphatic carbocycles. The van der Waals surface area contributed by atoms with E-state index in [2.05, 4.69) is 20.8 Å². The van der Waals surface area contributed by atoms with Crippen LogP contribution in [0.3, 0.4) is 0 Å². The number of benzene rings is 1. The SMILES string of the molecule is NC(=O)c1nnc(NC2CCCC[C@@H]2N)cc1Nc1ccccc1. The summed E-state index contributed by atoms with van der Waals surface area (Å²) < 4.78 is 0. The van der Waals surface area contributed by atoms with E-state index in [1.165, 1.54) is 0 Å². The number of nitrogens with zero attached hydrogens (tertiary/aromatic N) is 2. The molecule has 3 rings (SSSR count). The van der Waals surface area contributed by atoms with Crippen LogP contribution in [0, 0.1) is 0 Å². The molecule has 7 heteroatoms. The molecule has 0 bridgehead atoms. The third kappa shape index (κ3) is 3.80. The number of anilines is 3. The summed E-state index contributed by atoms with van der Waals surface area (Å²) in [4.78, 5) is 11.6. The van der Waals surface area contributed by atoms with Gasteiger partial charge in [0, 0.05) is 23.8 Å². The Morgan fingerprint density at radius 3 is 2.58 bits per heavy atom. The van der Waals surface area contributed by atoms with Crippen LogP contribution in [0.25, 0.3) is 0 Å². The Balaban J connectivity index is 1.83. The molecule has 24 heavy (non-hydrogen) atoms. The molecule has 7 nitrogen and oxygen atoms in total. The van der Waals surface area contributed by atoms with Crippen LogP contribution >= 0.6 is 0 Å². The molecule has 0 spiro atoms. The summed E-state index contributed by atoms with van der Waals surface area (Å²) in [5, 5.41) is 14.5. The molecule has 0 aliphatic heterocycles. The van der Waals surface area contributed by atoms with Crippen molar-refractivity contribution in [3.8, 4) is 0 Å². The number of hydrogen-bond acceptors (Lipinski definition) is 6. The summed E-state index contributed by atoms with van der Waals surface area (Å²) in [5.41, 5.74) is 13.0. The number of rotatable bonds is 5. The highest BCUT2D eigenvalue weighted by Gasteiger charge is 2.22. The lowest BCUT2D eigenvalue weighted by Gasteiger charge is -2.29. The maximum atomic E-state index is 11.6. The Kier molecular flexibility index (Phi) is 4.90. The first-order valence-electron chi connectivity index (χ1n) is 8.15. The van der Waals surface area contributed by atoms with Gasteiger partial charge in [-0.1, -0.05) is 31.0 Å². The van der Waals surface area contributed by atoms with Gasteiger partial charge < -0.3 is 22.1 Å². The van der Waals surface area contributed by atoms with Gasteiger partial charge in [-0.05, 0) is 25.0 Å². The summed E-state index contributed by atoms with van der Waals surface area (Å²) in [5.74, 6) is -0.0392. The van der Waals surface area contributed by atoms with E-state index >= 15 is 0 Å². The van der Waals surface area contributed by atoms with E-state index in [-0.39, 0.29) is 17.8 Å². The van der Waals surface area contributed by atoms with Crippen LogP contribution in [0.1, 0.15) is 36.2 Å². The predicted molar refractivity (Wildman–Crippen MR) is 94.1 cm³/mol. The topological polar surface area (TPSA) is 119 Å². The molecule has 2 atom stereocenters. The zero-order valence-corrected chi connectivity index (χ0v) is 13.4. The Morgan fingerprint density at radius 2 is 1.88 bits per heavy atom. The molecule has 1 aliphatic rings. The standard InChI is InChI=1S/C17H22N6O/c18-12-8-4-5-9-13(12)21-15-10-14(16(17(19)24)23-22-15)20-11-6-2-1-3-7-11/h1-3,6-7,10,12-13H,4-5,8-9,18H2,(H2,19,24)(H2,20,21,22)/t12-,13?/m0/s1. The van der Waals surface area contributed by atoms with E-state index in [0.717, 1.165) is 31.4 Å². The van der Waals surface area contributed by atoms with Crippen molar-refractivity contribution in [2.75, 3.05) is 10.6 Å². The number of carbonyl (C=O) groups is 1. The van der Waals surface area contributed by atoms with Gasteiger partial charge in [0.05, 0.1) is 5.69 Å². The number of para-hydroxylation sites is 1. The van der Waals surface area contributed by atoms with Crippen molar-refractivity contribution >= 4 is 23.1 Å². The van der Waals surface area contributed by atoms with Crippen LogP contribution in [0.2, 0.25) is 0 Å². The molecular formula is C17H22N6O. The van der Waals surface area contributed by atoms with Crippen LogP contribution in [0.5, 0.6) is 0 Å². The Labute approximate surface area is 140 Å². The number of primary amides is 1. The average Bonchev–Trinajstić information content (AvgIpc) is 2.58. The number of amides is 1. The Morgan fingerprint density at radius 1 is 1.12 bits per heavy atom. The summed E-state index contributed by atoms with van der Waals surface area (Å²) in [7, 11) is 0. The van der Waals surface area contributed by atoms with Crippen molar-refractivity contribution in [3.63, 3.8) is 0 Å². The monoisotopic (exact) mass is 326 g/mol. The molecule has 2 aromatic rings. The quantitative estimate of drug-likeness (QED) is 0.667. The highest BCUT2D eigenvalue weighted by atomic mass is 16.1. The molecule has 1 saturated carbocycles. The normalized spacial score (nSPS) is 20.4. The van der Waals surface area contributed by atoms with Gasteiger partial charge in [0.2, 0.25) is 0 Å². The van der Waals surface area contributed by atoms with Crippen molar-refractivity contribution in [1.29, 1.82) is 0 Å². The number of carbonyl (C=O) groups excluding carboxylic acids is 1. The van der Waals surface area contributed by atoms with Gasteiger partial charge in [-0.15, -0.1) is 10.2 Å². The Bertz CT molecular complexity index is 705. The molecule has 0 saturated heterocycles. The molecule has 1 aromatic heterocycles. The van der Waals surface area contributed by atoms with Gasteiger partial charge in [-0.3, -0.25) is 4.79 Å². The van der Waals surface area contributed by atoms with Crippen LogP contribution in [-0.4, -0.2) is 28.2 Å². The van der Waals surface area contributed by atoms with E-state index in [9.17, 15) is 4.79 Å². The molecule has 1 fully saturated rings. The van der Waals surface area contributed by atoms with Crippen LogP contribution in [0.15, 0.2) is 36.4 Å². The lowest BCUT2D eigenvalue weighted by molar-refractivity contribution is 0.0995. The van der Waals surface area contributed by atoms with Crippen molar-refractivity contribution in [1.82, 2.24) is 10.2 Å². The molecule has 1 aromatic carbocycles. The smallest absolute Gasteiger partial charge is 0.271 e. The van der Waals surface area contributed by atoms with Crippen molar-refractivity contribution in [2.24, 2.45) is 11.5 Å².